The fourth-order valence-electron chi connectivity index (χ4n) is 4.65. The van der Waals surface area contributed by atoms with E-state index in [1.54, 1.807) is 28.9 Å². The van der Waals surface area contributed by atoms with E-state index in [1.165, 1.54) is 24.8 Å². The van der Waals surface area contributed by atoms with Gasteiger partial charge in [0, 0.05) is 30.0 Å². The molecule has 37 heavy (non-hydrogen) atoms. The van der Waals surface area contributed by atoms with Crippen LogP contribution in [0.15, 0.2) is 61.2 Å². The largest absolute Gasteiger partial charge is 0.348 e. The summed E-state index contributed by atoms with van der Waals surface area (Å²) in [4.78, 5) is 41.1. The second kappa shape index (κ2) is 8.94. The smallest absolute Gasteiger partial charge is 0.251 e. The van der Waals surface area contributed by atoms with Crippen LogP contribution in [0.4, 0.5) is 10.2 Å². The molecular formula is C26H21FN8O2. The molecule has 0 saturated carbocycles. The molecule has 0 saturated heterocycles. The van der Waals surface area contributed by atoms with Gasteiger partial charge in [0.2, 0.25) is 5.91 Å². The van der Waals surface area contributed by atoms with Gasteiger partial charge in [-0.15, -0.1) is 0 Å². The Hall–Kier alpha value is -4.93. The topological polar surface area (TPSA) is 130 Å². The second-order valence-corrected chi connectivity index (χ2v) is 8.79. The first-order chi connectivity index (χ1) is 18.0. The van der Waals surface area contributed by atoms with E-state index in [2.05, 4.69) is 35.7 Å². The van der Waals surface area contributed by atoms with Crippen molar-refractivity contribution in [2.75, 3.05) is 5.32 Å². The predicted molar refractivity (Wildman–Crippen MR) is 133 cm³/mol. The Morgan fingerprint density at radius 3 is 2.68 bits per heavy atom. The number of amides is 2. The normalized spacial score (nSPS) is 14.9. The highest BCUT2D eigenvalue weighted by Gasteiger charge is 2.33. The van der Waals surface area contributed by atoms with Crippen LogP contribution in [0, 0.1) is 12.7 Å². The first-order valence-electron chi connectivity index (χ1n) is 11.6. The molecular weight excluding hydrogens is 475 g/mol. The van der Waals surface area contributed by atoms with Gasteiger partial charge < -0.3 is 15.6 Å². The molecule has 3 N–H and O–H groups in total. The first kappa shape index (κ1) is 22.5. The zero-order valence-corrected chi connectivity index (χ0v) is 19.7. The molecule has 10 nitrogen and oxygen atoms in total. The zero-order chi connectivity index (χ0) is 25.5. The number of rotatable bonds is 5. The minimum atomic E-state index is -0.322. The number of aromatic amines is 1. The van der Waals surface area contributed by atoms with E-state index < -0.39 is 0 Å². The van der Waals surface area contributed by atoms with E-state index in [0.717, 1.165) is 22.4 Å². The second-order valence-electron chi connectivity index (χ2n) is 8.79. The number of hydrogen-bond acceptors (Lipinski definition) is 6. The molecule has 5 aromatic rings. The van der Waals surface area contributed by atoms with Crippen molar-refractivity contribution in [2.24, 2.45) is 0 Å². The molecule has 2 aromatic carbocycles. The van der Waals surface area contributed by atoms with Crippen molar-refractivity contribution in [1.82, 2.24) is 35.0 Å². The van der Waals surface area contributed by atoms with E-state index in [-0.39, 0.29) is 36.5 Å². The minimum absolute atomic E-state index is 0.144. The van der Waals surface area contributed by atoms with E-state index in [1.807, 2.05) is 19.1 Å². The number of fused-ring (bicyclic) bond motifs is 2. The molecule has 1 atom stereocenters. The molecule has 3 aromatic heterocycles. The van der Waals surface area contributed by atoms with Gasteiger partial charge in [0.1, 0.15) is 23.5 Å². The molecule has 1 aliphatic rings. The van der Waals surface area contributed by atoms with E-state index >= 15 is 0 Å². The number of nitrogens with one attached hydrogen (secondary N) is 3. The summed E-state index contributed by atoms with van der Waals surface area (Å²) in [5.74, 6) is 0.0879. The number of nitrogens with zero attached hydrogens (tertiary/aromatic N) is 5. The molecule has 0 fully saturated rings. The van der Waals surface area contributed by atoms with Crippen LogP contribution in [-0.4, -0.2) is 41.5 Å². The van der Waals surface area contributed by atoms with Crippen molar-refractivity contribution >= 4 is 28.8 Å². The number of halogens is 1. The van der Waals surface area contributed by atoms with Crippen LogP contribution in [0.2, 0.25) is 0 Å². The molecule has 6 rings (SSSR count). The van der Waals surface area contributed by atoms with Crippen LogP contribution < -0.4 is 10.6 Å². The van der Waals surface area contributed by atoms with Crippen LogP contribution in [0.25, 0.3) is 17.0 Å². The van der Waals surface area contributed by atoms with Gasteiger partial charge in [-0.25, -0.2) is 19.3 Å². The molecule has 0 aliphatic carbocycles. The molecule has 184 valence electrons. The third kappa shape index (κ3) is 4.10. The Balaban J connectivity index is 1.28. The van der Waals surface area contributed by atoms with Crippen molar-refractivity contribution < 1.29 is 14.0 Å². The van der Waals surface area contributed by atoms with E-state index in [4.69, 9.17) is 0 Å². The number of hydrogen-bond donors (Lipinski definition) is 3. The van der Waals surface area contributed by atoms with Gasteiger partial charge in [-0.3, -0.25) is 9.59 Å². The molecule has 0 bridgehead atoms. The quantitative estimate of drug-likeness (QED) is 0.342. The number of aromatic nitrogens is 6. The molecule has 0 spiro atoms. The Kier molecular flexibility index (Phi) is 5.44. The summed E-state index contributed by atoms with van der Waals surface area (Å²) in [6.45, 7) is 2.18. The van der Waals surface area contributed by atoms with Gasteiger partial charge >= 0.3 is 0 Å². The van der Waals surface area contributed by atoms with Gasteiger partial charge in [0.05, 0.1) is 12.0 Å². The van der Waals surface area contributed by atoms with Crippen LogP contribution in [0.5, 0.6) is 0 Å². The summed E-state index contributed by atoms with van der Waals surface area (Å²) in [6, 6.07) is 13.2. The molecule has 4 heterocycles. The summed E-state index contributed by atoms with van der Waals surface area (Å²) < 4.78 is 14.7. The Bertz CT molecular complexity index is 1640. The number of imidazole rings is 1. The van der Waals surface area contributed by atoms with Gasteiger partial charge in [0.15, 0.2) is 11.5 Å². The van der Waals surface area contributed by atoms with Crippen molar-refractivity contribution in [3.8, 4) is 5.82 Å². The maximum atomic E-state index is 13.1. The maximum absolute atomic E-state index is 13.1. The Morgan fingerprint density at radius 1 is 1.11 bits per heavy atom. The van der Waals surface area contributed by atoms with Gasteiger partial charge in [0.25, 0.3) is 5.91 Å². The Morgan fingerprint density at radius 2 is 1.89 bits per heavy atom. The zero-order valence-electron chi connectivity index (χ0n) is 19.7. The van der Waals surface area contributed by atoms with Crippen molar-refractivity contribution in [3.05, 3.63) is 95.0 Å². The van der Waals surface area contributed by atoms with Crippen LogP contribution >= 0.6 is 0 Å². The summed E-state index contributed by atoms with van der Waals surface area (Å²) in [6.07, 6.45) is 3.19. The van der Waals surface area contributed by atoms with Crippen molar-refractivity contribution in [3.63, 3.8) is 0 Å². The number of carbonyl (C=O) groups excluding carboxylic acids is 2. The summed E-state index contributed by atoms with van der Waals surface area (Å²) >= 11 is 0. The third-order valence-corrected chi connectivity index (χ3v) is 6.45. The molecule has 11 heteroatoms. The lowest BCUT2D eigenvalue weighted by Gasteiger charge is -2.24. The average Bonchev–Trinajstić information content (AvgIpc) is 3.52. The van der Waals surface area contributed by atoms with Gasteiger partial charge in [-0.05, 0) is 42.3 Å². The number of H-pyrrole nitrogens is 1. The Labute approximate surface area is 210 Å². The fourth-order valence-corrected chi connectivity index (χ4v) is 4.65. The molecule has 1 unspecified atom stereocenters. The van der Waals surface area contributed by atoms with E-state index in [0.29, 0.717) is 28.4 Å². The standard InChI is InChI=1S/C26H21FN8O2/c1-14-21-19(16-4-6-17(7-5-16)26(37)28-11-15-2-8-18(27)9-3-15)10-20(36)33-24(21)35(34-14)25-22-23(30-12-29-22)31-13-32-25/h2-9,12-13,19H,10-11H2,1H3,(H,28,37)(H,33,36)(H,29,30,31,32). The van der Waals surface area contributed by atoms with Crippen molar-refractivity contribution in [1.29, 1.82) is 0 Å². The van der Waals surface area contributed by atoms with Crippen molar-refractivity contribution in [2.45, 2.75) is 25.8 Å². The fraction of sp³-hybridized carbons (Fsp3) is 0.154. The summed E-state index contributed by atoms with van der Waals surface area (Å²) in [5, 5.41) is 10.5. The predicted octanol–water partition coefficient (Wildman–Crippen LogP) is 3.39. The number of carbonyl (C=O) groups is 2. The number of anilines is 1. The molecule has 1 aliphatic heterocycles. The SMILES string of the molecule is Cc1nn(-c2ncnc3nc[nH]c23)c2c1C(c1ccc(C(=O)NCc3ccc(F)cc3)cc1)CC(=O)N2. The van der Waals surface area contributed by atoms with Gasteiger partial charge in [-0.2, -0.15) is 9.78 Å². The highest BCUT2D eigenvalue weighted by molar-refractivity contribution is 5.96. The summed E-state index contributed by atoms with van der Waals surface area (Å²) in [5.41, 5.74) is 4.94. The number of aryl methyl sites for hydroxylation is 1. The lowest BCUT2D eigenvalue weighted by molar-refractivity contribution is -0.116. The monoisotopic (exact) mass is 496 g/mol. The lowest BCUT2D eigenvalue weighted by atomic mass is 9.85. The minimum Gasteiger partial charge on any atom is -0.348 e. The maximum Gasteiger partial charge on any atom is 0.251 e. The van der Waals surface area contributed by atoms with Crippen LogP contribution in [-0.2, 0) is 11.3 Å². The summed E-state index contributed by atoms with van der Waals surface area (Å²) in [7, 11) is 0. The van der Waals surface area contributed by atoms with Gasteiger partial charge in [-0.1, -0.05) is 24.3 Å². The van der Waals surface area contributed by atoms with Crippen LogP contribution in [0.3, 0.4) is 0 Å². The molecule has 0 radical (unpaired) electrons. The first-order valence-corrected chi connectivity index (χ1v) is 11.6. The van der Waals surface area contributed by atoms with E-state index in [9.17, 15) is 14.0 Å². The number of benzene rings is 2. The third-order valence-electron chi connectivity index (χ3n) is 6.45. The lowest BCUT2D eigenvalue weighted by Crippen LogP contribution is -2.25. The highest BCUT2D eigenvalue weighted by Crippen LogP contribution is 2.40. The van der Waals surface area contributed by atoms with Crippen LogP contribution in [0.1, 0.15) is 45.1 Å². The highest BCUT2D eigenvalue weighted by atomic mass is 19.1. The molecule has 2 amide bonds. The average molecular weight is 497 g/mol.